The third-order valence-corrected chi connectivity index (χ3v) is 3.44. The number of benzene rings is 1. The molecule has 0 bridgehead atoms. The second kappa shape index (κ2) is 5.59. The molecule has 0 saturated heterocycles. The van der Waals surface area contributed by atoms with Gasteiger partial charge in [0.25, 0.3) is 0 Å². The van der Waals surface area contributed by atoms with Crippen molar-refractivity contribution in [2.45, 2.75) is 32.1 Å². The van der Waals surface area contributed by atoms with Crippen molar-refractivity contribution < 1.29 is 17.6 Å². The molecule has 1 fully saturated rings. The third kappa shape index (κ3) is 2.76. The fourth-order valence-electron chi connectivity index (χ4n) is 2.43. The van der Waals surface area contributed by atoms with Crippen LogP contribution in [0, 0.1) is 29.2 Å². The van der Waals surface area contributed by atoms with Crippen LogP contribution in [0.2, 0.25) is 0 Å². The molecule has 0 aliphatic heterocycles. The lowest BCUT2D eigenvalue weighted by Gasteiger charge is -2.12. The Hall–Kier alpha value is -1.26. The molecule has 0 amide bonds. The minimum atomic E-state index is -1.38. The fraction of sp³-hybridized carbons (Fsp3) is 0.538. The largest absolute Gasteiger partial charge is 0.380 e. The standard InChI is InChI=1S/C13H15F4N/c14-9-7-10(15)12(17)13(11(9)16)18-6-5-8-3-1-2-4-8/h7-8,18H,1-6H2. The maximum Gasteiger partial charge on any atom is 0.185 e. The molecule has 0 atom stereocenters. The number of hydrogen-bond acceptors (Lipinski definition) is 1. The Morgan fingerprint density at radius 1 is 1.00 bits per heavy atom. The quantitative estimate of drug-likeness (QED) is 0.631. The van der Waals surface area contributed by atoms with Crippen molar-refractivity contribution in [1.29, 1.82) is 0 Å². The number of halogens is 4. The van der Waals surface area contributed by atoms with Crippen LogP contribution in [0.25, 0.3) is 0 Å². The Kier molecular flexibility index (Phi) is 4.09. The summed E-state index contributed by atoms with van der Waals surface area (Å²) in [7, 11) is 0. The van der Waals surface area contributed by atoms with Gasteiger partial charge in [-0.3, -0.25) is 0 Å². The Balaban J connectivity index is 1.99. The topological polar surface area (TPSA) is 12.0 Å². The zero-order chi connectivity index (χ0) is 13.1. The monoisotopic (exact) mass is 261 g/mol. The fourth-order valence-corrected chi connectivity index (χ4v) is 2.43. The molecule has 0 heterocycles. The number of anilines is 1. The van der Waals surface area contributed by atoms with E-state index in [0.717, 1.165) is 19.3 Å². The summed E-state index contributed by atoms with van der Waals surface area (Å²) in [6.45, 7) is 0.321. The lowest BCUT2D eigenvalue weighted by atomic mass is 10.0. The van der Waals surface area contributed by atoms with E-state index < -0.39 is 29.0 Å². The van der Waals surface area contributed by atoms with Gasteiger partial charge in [0.15, 0.2) is 23.3 Å². The normalized spacial score (nSPS) is 16.2. The van der Waals surface area contributed by atoms with E-state index in [1.165, 1.54) is 12.8 Å². The van der Waals surface area contributed by atoms with Gasteiger partial charge in [0.1, 0.15) is 5.69 Å². The molecular weight excluding hydrogens is 246 g/mol. The van der Waals surface area contributed by atoms with E-state index in [0.29, 0.717) is 12.5 Å². The first-order chi connectivity index (χ1) is 8.59. The molecule has 1 aromatic rings. The maximum absolute atomic E-state index is 13.3. The SMILES string of the molecule is Fc1cc(F)c(F)c(NCCC2CCCC2)c1F. The minimum Gasteiger partial charge on any atom is -0.380 e. The van der Waals surface area contributed by atoms with Gasteiger partial charge in [-0.25, -0.2) is 17.6 Å². The zero-order valence-corrected chi connectivity index (χ0v) is 9.91. The number of rotatable bonds is 4. The molecule has 0 aromatic heterocycles. The predicted molar refractivity (Wildman–Crippen MR) is 61.3 cm³/mol. The van der Waals surface area contributed by atoms with Gasteiger partial charge >= 0.3 is 0 Å². The molecule has 1 aliphatic rings. The summed E-state index contributed by atoms with van der Waals surface area (Å²) in [5.41, 5.74) is -0.703. The van der Waals surface area contributed by atoms with Gasteiger partial charge in [-0.1, -0.05) is 25.7 Å². The van der Waals surface area contributed by atoms with Crippen LogP contribution >= 0.6 is 0 Å². The average molecular weight is 261 g/mol. The van der Waals surface area contributed by atoms with E-state index in [1.54, 1.807) is 0 Å². The second-order valence-electron chi connectivity index (χ2n) is 4.71. The van der Waals surface area contributed by atoms with Gasteiger partial charge in [0.05, 0.1) is 0 Å². The van der Waals surface area contributed by atoms with Crippen molar-refractivity contribution in [3.8, 4) is 0 Å². The third-order valence-electron chi connectivity index (χ3n) is 3.44. The minimum absolute atomic E-state index is 0.215. The molecule has 0 radical (unpaired) electrons. The van der Waals surface area contributed by atoms with E-state index in [9.17, 15) is 17.6 Å². The van der Waals surface area contributed by atoms with E-state index >= 15 is 0 Å². The van der Waals surface area contributed by atoms with Crippen molar-refractivity contribution in [2.75, 3.05) is 11.9 Å². The van der Waals surface area contributed by atoms with Crippen LogP contribution in [0.3, 0.4) is 0 Å². The van der Waals surface area contributed by atoms with Gasteiger partial charge in [0.2, 0.25) is 0 Å². The Labute approximate surface area is 103 Å². The first kappa shape index (κ1) is 13.2. The molecule has 5 heteroatoms. The van der Waals surface area contributed by atoms with Crippen molar-refractivity contribution in [2.24, 2.45) is 5.92 Å². The smallest absolute Gasteiger partial charge is 0.185 e. The van der Waals surface area contributed by atoms with Crippen LogP contribution < -0.4 is 5.32 Å². The number of nitrogens with one attached hydrogen (secondary N) is 1. The Bertz CT molecular complexity index is 401. The summed E-state index contributed by atoms with van der Waals surface area (Å²) in [5, 5.41) is 2.46. The highest BCUT2D eigenvalue weighted by Gasteiger charge is 2.19. The highest BCUT2D eigenvalue weighted by atomic mass is 19.2. The Morgan fingerprint density at radius 3 is 2.11 bits per heavy atom. The molecule has 1 nitrogen and oxygen atoms in total. The van der Waals surface area contributed by atoms with Gasteiger partial charge in [-0.2, -0.15) is 0 Å². The Morgan fingerprint density at radius 2 is 1.56 bits per heavy atom. The average Bonchev–Trinajstić information content (AvgIpc) is 2.84. The summed E-state index contributed by atoms with van der Waals surface area (Å²) < 4.78 is 52.5. The summed E-state index contributed by atoms with van der Waals surface area (Å²) >= 11 is 0. The van der Waals surface area contributed by atoms with E-state index in [4.69, 9.17) is 0 Å². The summed E-state index contributed by atoms with van der Waals surface area (Å²) in [4.78, 5) is 0. The van der Waals surface area contributed by atoms with E-state index in [2.05, 4.69) is 5.32 Å². The molecule has 1 saturated carbocycles. The van der Waals surface area contributed by atoms with Gasteiger partial charge in [-0.05, 0) is 12.3 Å². The first-order valence-corrected chi connectivity index (χ1v) is 6.16. The lowest BCUT2D eigenvalue weighted by molar-refractivity contribution is 0.456. The lowest BCUT2D eigenvalue weighted by Crippen LogP contribution is -2.11. The van der Waals surface area contributed by atoms with Crippen LogP contribution in [0.15, 0.2) is 6.07 Å². The molecule has 100 valence electrons. The van der Waals surface area contributed by atoms with Crippen molar-refractivity contribution >= 4 is 5.69 Å². The van der Waals surface area contributed by atoms with Crippen LogP contribution in [-0.2, 0) is 0 Å². The summed E-state index contributed by atoms with van der Waals surface area (Å²) in [5.74, 6) is -4.93. The van der Waals surface area contributed by atoms with Crippen LogP contribution in [-0.4, -0.2) is 6.54 Å². The van der Waals surface area contributed by atoms with Gasteiger partial charge in [0, 0.05) is 12.6 Å². The predicted octanol–water partition coefficient (Wildman–Crippen LogP) is 4.24. The van der Waals surface area contributed by atoms with Gasteiger partial charge in [-0.15, -0.1) is 0 Å². The van der Waals surface area contributed by atoms with Crippen molar-refractivity contribution in [3.05, 3.63) is 29.3 Å². The van der Waals surface area contributed by atoms with E-state index in [1.807, 2.05) is 0 Å². The molecule has 1 aliphatic carbocycles. The molecule has 1 N–H and O–H groups in total. The summed E-state index contributed by atoms with van der Waals surface area (Å²) in [6, 6.07) is 0.215. The van der Waals surface area contributed by atoms with Crippen LogP contribution in [0.5, 0.6) is 0 Å². The van der Waals surface area contributed by atoms with Crippen molar-refractivity contribution in [1.82, 2.24) is 0 Å². The molecule has 18 heavy (non-hydrogen) atoms. The molecule has 0 spiro atoms. The second-order valence-corrected chi connectivity index (χ2v) is 4.71. The summed E-state index contributed by atoms with van der Waals surface area (Å²) in [6.07, 6.45) is 5.36. The highest BCUT2D eigenvalue weighted by molar-refractivity contribution is 5.47. The zero-order valence-electron chi connectivity index (χ0n) is 9.91. The molecular formula is C13H15F4N. The van der Waals surface area contributed by atoms with Gasteiger partial charge < -0.3 is 5.32 Å². The van der Waals surface area contributed by atoms with Crippen LogP contribution in [0.1, 0.15) is 32.1 Å². The van der Waals surface area contributed by atoms with Crippen molar-refractivity contribution in [3.63, 3.8) is 0 Å². The highest BCUT2D eigenvalue weighted by Crippen LogP contribution is 2.28. The molecule has 1 aromatic carbocycles. The maximum atomic E-state index is 13.3. The first-order valence-electron chi connectivity index (χ1n) is 6.16. The number of hydrogen-bond donors (Lipinski definition) is 1. The van der Waals surface area contributed by atoms with E-state index in [-0.39, 0.29) is 6.07 Å². The van der Waals surface area contributed by atoms with Crippen LogP contribution in [0.4, 0.5) is 23.2 Å². The molecule has 0 unspecified atom stereocenters. The molecule has 2 rings (SSSR count).